The minimum atomic E-state index is 0.595. The number of ether oxygens (including phenoxy) is 1. The number of aromatic nitrogens is 2. The van der Waals surface area contributed by atoms with Crippen molar-refractivity contribution in [3.8, 4) is 17.2 Å². The molecule has 3 aromatic rings. The van der Waals surface area contributed by atoms with Crippen molar-refractivity contribution in [2.75, 3.05) is 7.11 Å². The Morgan fingerprint density at radius 2 is 1.91 bits per heavy atom. The Bertz CT molecular complexity index is 743. The lowest BCUT2D eigenvalue weighted by atomic mass is 10.2. The fraction of sp³-hybridized carbons (Fsp3) is 0.250. The molecule has 1 aromatic carbocycles. The first kappa shape index (κ1) is 14.7. The van der Waals surface area contributed by atoms with Gasteiger partial charge in [-0.1, -0.05) is 11.8 Å². The molecule has 0 fully saturated rings. The molecule has 3 rings (SSSR count). The van der Waals surface area contributed by atoms with Gasteiger partial charge in [-0.05, 0) is 38.1 Å². The van der Waals surface area contributed by atoms with Crippen LogP contribution in [0.1, 0.15) is 17.1 Å². The molecule has 114 valence electrons. The predicted octanol–water partition coefficient (Wildman–Crippen LogP) is 4.25. The van der Waals surface area contributed by atoms with Crippen molar-refractivity contribution < 1.29 is 13.6 Å². The normalized spacial score (nSPS) is 10.9. The summed E-state index contributed by atoms with van der Waals surface area (Å²) in [6.45, 7) is 3.84. The van der Waals surface area contributed by atoms with Crippen LogP contribution in [0.3, 0.4) is 0 Å². The average molecular weight is 316 g/mol. The number of rotatable bonds is 5. The number of hydrogen-bond acceptors (Lipinski definition) is 6. The Morgan fingerprint density at radius 3 is 2.55 bits per heavy atom. The number of oxazole rings is 2. The molecule has 0 saturated heterocycles. The SMILES string of the molecule is COc1ccc(-c2nc(CSc3nc(C)c(C)o3)co2)cc1. The molecule has 0 N–H and O–H groups in total. The third kappa shape index (κ3) is 3.17. The van der Waals surface area contributed by atoms with Crippen LogP contribution in [0.15, 0.2) is 44.6 Å². The number of hydrogen-bond donors (Lipinski definition) is 0. The van der Waals surface area contributed by atoms with Crippen LogP contribution in [0.2, 0.25) is 0 Å². The van der Waals surface area contributed by atoms with E-state index in [-0.39, 0.29) is 0 Å². The van der Waals surface area contributed by atoms with Gasteiger partial charge in [-0.2, -0.15) is 0 Å². The number of methoxy groups -OCH3 is 1. The first-order valence-electron chi connectivity index (χ1n) is 6.81. The van der Waals surface area contributed by atoms with Gasteiger partial charge in [0.15, 0.2) is 0 Å². The molecule has 2 heterocycles. The molecular formula is C16H16N2O3S. The molecule has 0 aliphatic rings. The standard InChI is InChI=1S/C16H16N2O3S/c1-10-11(2)21-16(17-10)22-9-13-8-20-15(18-13)12-4-6-14(19-3)7-5-12/h4-8H,9H2,1-3H3. The van der Waals surface area contributed by atoms with Crippen molar-refractivity contribution in [3.63, 3.8) is 0 Å². The highest BCUT2D eigenvalue weighted by Gasteiger charge is 2.10. The van der Waals surface area contributed by atoms with E-state index >= 15 is 0 Å². The van der Waals surface area contributed by atoms with E-state index in [0.717, 1.165) is 28.5 Å². The number of thioether (sulfide) groups is 1. The van der Waals surface area contributed by atoms with Crippen molar-refractivity contribution in [1.29, 1.82) is 0 Å². The summed E-state index contributed by atoms with van der Waals surface area (Å²) in [4.78, 5) is 8.82. The Hall–Kier alpha value is -2.21. The Kier molecular flexibility index (Phi) is 4.20. The summed E-state index contributed by atoms with van der Waals surface area (Å²) in [5.41, 5.74) is 2.69. The lowest BCUT2D eigenvalue weighted by molar-refractivity contribution is 0.415. The van der Waals surface area contributed by atoms with Gasteiger partial charge in [0.2, 0.25) is 5.89 Å². The van der Waals surface area contributed by atoms with Gasteiger partial charge < -0.3 is 13.6 Å². The van der Waals surface area contributed by atoms with E-state index in [1.807, 2.05) is 38.1 Å². The molecule has 5 nitrogen and oxygen atoms in total. The van der Waals surface area contributed by atoms with E-state index in [4.69, 9.17) is 13.6 Å². The number of nitrogens with zero attached hydrogens (tertiary/aromatic N) is 2. The lowest BCUT2D eigenvalue weighted by Gasteiger charge is -1.99. The third-order valence-corrected chi connectivity index (χ3v) is 4.10. The van der Waals surface area contributed by atoms with Crippen LogP contribution < -0.4 is 4.74 Å². The second-order valence-corrected chi connectivity index (χ2v) is 5.71. The summed E-state index contributed by atoms with van der Waals surface area (Å²) in [6, 6.07) is 7.60. The quantitative estimate of drug-likeness (QED) is 0.656. The van der Waals surface area contributed by atoms with Crippen LogP contribution in [-0.2, 0) is 5.75 Å². The van der Waals surface area contributed by atoms with Gasteiger partial charge >= 0.3 is 0 Å². The molecule has 0 aliphatic carbocycles. The Labute approximate surface area is 132 Å². The molecule has 0 atom stereocenters. The minimum Gasteiger partial charge on any atom is -0.497 e. The maximum absolute atomic E-state index is 5.53. The molecule has 0 aliphatic heterocycles. The third-order valence-electron chi connectivity index (χ3n) is 3.24. The van der Waals surface area contributed by atoms with E-state index in [1.165, 1.54) is 11.8 Å². The second kappa shape index (κ2) is 6.27. The summed E-state index contributed by atoms with van der Waals surface area (Å²) in [6.07, 6.45) is 1.66. The van der Waals surface area contributed by atoms with Crippen molar-refractivity contribution in [2.24, 2.45) is 0 Å². The summed E-state index contributed by atoms with van der Waals surface area (Å²) < 4.78 is 16.2. The molecule has 0 saturated carbocycles. The Morgan fingerprint density at radius 1 is 1.14 bits per heavy atom. The fourth-order valence-electron chi connectivity index (χ4n) is 1.88. The average Bonchev–Trinajstić information content (AvgIpc) is 3.13. The summed E-state index contributed by atoms with van der Waals surface area (Å²) in [5.74, 6) is 2.90. The highest BCUT2D eigenvalue weighted by atomic mass is 32.2. The topological polar surface area (TPSA) is 61.3 Å². The molecule has 0 bridgehead atoms. The van der Waals surface area contributed by atoms with E-state index in [9.17, 15) is 0 Å². The molecule has 6 heteroatoms. The minimum absolute atomic E-state index is 0.595. The zero-order valence-corrected chi connectivity index (χ0v) is 13.4. The van der Waals surface area contributed by atoms with Crippen molar-refractivity contribution >= 4 is 11.8 Å². The molecule has 0 spiro atoms. The zero-order valence-electron chi connectivity index (χ0n) is 12.6. The van der Waals surface area contributed by atoms with Crippen molar-refractivity contribution in [1.82, 2.24) is 9.97 Å². The van der Waals surface area contributed by atoms with Gasteiger partial charge in [0.1, 0.15) is 17.8 Å². The van der Waals surface area contributed by atoms with Gasteiger partial charge in [-0.25, -0.2) is 9.97 Å². The van der Waals surface area contributed by atoms with Gasteiger partial charge in [-0.3, -0.25) is 0 Å². The lowest BCUT2D eigenvalue weighted by Crippen LogP contribution is -1.84. The van der Waals surface area contributed by atoms with E-state index in [1.54, 1.807) is 13.4 Å². The molecule has 0 amide bonds. The molecule has 2 aromatic heterocycles. The van der Waals surface area contributed by atoms with Gasteiger partial charge in [0.25, 0.3) is 5.22 Å². The smallest absolute Gasteiger partial charge is 0.256 e. The van der Waals surface area contributed by atoms with Crippen LogP contribution in [0.4, 0.5) is 0 Å². The Balaban J connectivity index is 1.67. The first-order chi connectivity index (χ1) is 10.7. The van der Waals surface area contributed by atoms with Crippen LogP contribution in [0.5, 0.6) is 5.75 Å². The van der Waals surface area contributed by atoms with Crippen LogP contribution >= 0.6 is 11.8 Å². The highest BCUT2D eigenvalue weighted by Crippen LogP contribution is 2.26. The summed E-state index contributed by atoms with van der Waals surface area (Å²) >= 11 is 1.50. The molecule has 22 heavy (non-hydrogen) atoms. The predicted molar refractivity (Wildman–Crippen MR) is 84.0 cm³/mol. The fourth-order valence-corrected chi connectivity index (χ4v) is 2.67. The van der Waals surface area contributed by atoms with Crippen LogP contribution in [-0.4, -0.2) is 17.1 Å². The molecule has 0 radical (unpaired) electrons. The van der Waals surface area contributed by atoms with Gasteiger partial charge in [0, 0.05) is 11.3 Å². The monoisotopic (exact) mass is 316 g/mol. The van der Waals surface area contributed by atoms with Gasteiger partial charge in [0.05, 0.1) is 18.5 Å². The van der Waals surface area contributed by atoms with Crippen molar-refractivity contribution in [3.05, 3.63) is 47.7 Å². The summed E-state index contributed by atoms with van der Waals surface area (Å²) in [7, 11) is 1.64. The maximum atomic E-state index is 5.53. The highest BCUT2D eigenvalue weighted by molar-refractivity contribution is 7.98. The van der Waals surface area contributed by atoms with E-state index < -0.39 is 0 Å². The molecule has 0 unspecified atom stereocenters. The number of aryl methyl sites for hydroxylation is 2. The van der Waals surface area contributed by atoms with Gasteiger partial charge in [-0.15, -0.1) is 0 Å². The second-order valence-electron chi connectivity index (χ2n) is 4.78. The van der Waals surface area contributed by atoms with Crippen LogP contribution in [0, 0.1) is 13.8 Å². The summed E-state index contributed by atoms with van der Waals surface area (Å²) in [5, 5.41) is 0.656. The number of benzene rings is 1. The van der Waals surface area contributed by atoms with Crippen LogP contribution in [0.25, 0.3) is 11.5 Å². The first-order valence-corrected chi connectivity index (χ1v) is 7.80. The maximum Gasteiger partial charge on any atom is 0.256 e. The van der Waals surface area contributed by atoms with E-state index in [2.05, 4.69) is 9.97 Å². The molecular weight excluding hydrogens is 300 g/mol. The van der Waals surface area contributed by atoms with E-state index in [0.29, 0.717) is 16.9 Å². The van der Waals surface area contributed by atoms with Crippen molar-refractivity contribution in [2.45, 2.75) is 24.8 Å². The zero-order chi connectivity index (χ0) is 15.5. The largest absolute Gasteiger partial charge is 0.497 e.